The van der Waals surface area contributed by atoms with Crippen LogP contribution in [0.4, 0.5) is 5.69 Å². The number of hydrogen-bond donors (Lipinski definition) is 2. The van der Waals surface area contributed by atoms with Crippen molar-refractivity contribution in [3.05, 3.63) is 40.8 Å². The number of carbonyl (C=O) groups excluding carboxylic acids is 1. The minimum Gasteiger partial charge on any atom is -0.479 e. The van der Waals surface area contributed by atoms with Crippen LogP contribution < -0.4 is 15.2 Å². The lowest BCUT2D eigenvalue weighted by molar-refractivity contribution is 0.103. The molecular weight excluding hydrogens is 338 g/mol. The first-order chi connectivity index (χ1) is 10.8. The summed E-state index contributed by atoms with van der Waals surface area (Å²) >= 11 is 0.822. The van der Waals surface area contributed by atoms with Crippen LogP contribution in [0.2, 0.25) is 0 Å². The summed E-state index contributed by atoms with van der Waals surface area (Å²) in [5, 5.41) is 16.2. The average Bonchev–Trinajstić information content (AvgIpc) is 2.89. The van der Waals surface area contributed by atoms with Crippen molar-refractivity contribution >= 4 is 33.0 Å². The molecule has 23 heavy (non-hydrogen) atoms. The summed E-state index contributed by atoms with van der Waals surface area (Å²) in [5.74, 6) is 0.0847. The molecule has 0 bridgehead atoms. The second kappa shape index (κ2) is 6.78. The number of rotatable bonds is 5. The Kier molecular flexibility index (Phi) is 5.00. The van der Waals surface area contributed by atoms with Crippen LogP contribution in [-0.4, -0.2) is 20.9 Å². The van der Waals surface area contributed by atoms with Crippen molar-refractivity contribution in [1.29, 1.82) is 5.26 Å². The zero-order valence-corrected chi connectivity index (χ0v) is 13.7. The molecule has 0 aliphatic rings. The van der Waals surface area contributed by atoms with Gasteiger partial charge in [-0.3, -0.25) is 4.79 Å². The molecule has 1 heterocycles. The molecule has 9 heteroatoms. The summed E-state index contributed by atoms with van der Waals surface area (Å²) in [6.45, 7) is 1.58. The summed E-state index contributed by atoms with van der Waals surface area (Å²) in [6.07, 6.45) is 0. The van der Waals surface area contributed by atoms with Crippen LogP contribution in [0, 0.1) is 18.3 Å². The maximum atomic E-state index is 12.2. The van der Waals surface area contributed by atoms with Crippen molar-refractivity contribution in [3.8, 4) is 11.8 Å². The molecule has 7 nitrogen and oxygen atoms in total. The van der Waals surface area contributed by atoms with E-state index in [1.165, 1.54) is 6.07 Å². The van der Waals surface area contributed by atoms with E-state index in [2.05, 4.69) is 5.32 Å². The molecule has 0 aliphatic heterocycles. The highest BCUT2D eigenvalue weighted by Gasteiger charge is 2.19. The molecule has 0 spiro atoms. The average molecular weight is 351 g/mol. The number of amides is 1. The molecule has 1 aromatic heterocycles. The van der Waals surface area contributed by atoms with Gasteiger partial charge in [0.15, 0.2) is 6.61 Å². The Morgan fingerprint density at radius 3 is 2.57 bits per heavy atom. The van der Waals surface area contributed by atoms with Gasteiger partial charge in [0, 0.05) is 5.69 Å². The molecule has 0 saturated carbocycles. The van der Waals surface area contributed by atoms with Gasteiger partial charge in [-0.15, -0.1) is 11.3 Å². The molecule has 1 amide bonds. The fourth-order valence-corrected chi connectivity index (χ4v) is 3.61. The summed E-state index contributed by atoms with van der Waals surface area (Å²) in [7, 11) is -3.83. The van der Waals surface area contributed by atoms with E-state index in [1.807, 2.05) is 6.07 Å². The minimum absolute atomic E-state index is 0.0552. The predicted molar refractivity (Wildman–Crippen MR) is 85.9 cm³/mol. The number of sulfonamides is 1. The Bertz CT molecular complexity index is 864. The van der Waals surface area contributed by atoms with Gasteiger partial charge in [-0.1, -0.05) is 0 Å². The summed E-state index contributed by atoms with van der Waals surface area (Å²) in [6, 6.07) is 9.69. The molecule has 0 fully saturated rings. The normalized spacial score (nSPS) is 10.8. The number of hydrogen-bond acceptors (Lipinski definition) is 6. The number of aryl methyl sites for hydroxylation is 1. The third-order valence-electron chi connectivity index (χ3n) is 2.80. The highest BCUT2D eigenvalue weighted by atomic mass is 32.2. The van der Waals surface area contributed by atoms with Crippen LogP contribution in [0.1, 0.15) is 15.2 Å². The topological polar surface area (TPSA) is 122 Å². The molecule has 0 radical (unpaired) electrons. The van der Waals surface area contributed by atoms with E-state index in [0.717, 1.165) is 11.3 Å². The second-order valence-corrected chi connectivity index (χ2v) is 7.39. The largest absolute Gasteiger partial charge is 0.479 e. The van der Waals surface area contributed by atoms with E-state index < -0.39 is 15.9 Å². The molecule has 0 aliphatic carbocycles. The highest BCUT2D eigenvalue weighted by molar-refractivity contribution is 7.91. The smallest absolute Gasteiger partial charge is 0.266 e. The van der Waals surface area contributed by atoms with E-state index >= 15 is 0 Å². The van der Waals surface area contributed by atoms with E-state index in [-0.39, 0.29) is 15.7 Å². The first-order valence-electron chi connectivity index (χ1n) is 6.35. The Hall–Kier alpha value is -2.41. The SMILES string of the molecule is Cc1cc(S(N)(=O)=O)sc1C(=O)Nc1ccc(OCC#N)cc1. The zero-order valence-electron chi connectivity index (χ0n) is 12.1. The molecule has 2 rings (SSSR count). The number of primary sulfonamides is 1. The van der Waals surface area contributed by atoms with Crippen molar-refractivity contribution in [2.24, 2.45) is 5.14 Å². The Labute approximate surface area is 137 Å². The Morgan fingerprint density at radius 2 is 2.04 bits per heavy atom. The number of ether oxygens (including phenoxy) is 1. The van der Waals surface area contributed by atoms with E-state index in [4.69, 9.17) is 15.1 Å². The van der Waals surface area contributed by atoms with Gasteiger partial charge in [-0.2, -0.15) is 5.26 Å². The molecule has 120 valence electrons. The molecule has 1 aromatic carbocycles. The van der Waals surface area contributed by atoms with Crippen LogP contribution in [0.25, 0.3) is 0 Å². The molecule has 0 unspecified atom stereocenters. The van der Waals surface area contributed by atoms with Gasteiger partial charge < -0.3 is 10.1 Å². The van der Waals surface area contributed by atoms with Crippen LogP contribution in [0.15, 0.2) is 34.5 Å². The van der Waals surface area contributed by atoms with Crippen molar-refractivity contribution in [2.45, 2.75) is 11.1 Å². The van der Waals surface area contributed by atoms with Crippen molar-refractivity contribution in [3.63, 3.8) is 0 Å². The van der Waals surface area contributed by atoms with E-state index in [9.17, 15) is 13.2 Å². The molecular formula is C14H13N3O4S2. The number of anilines is 1. The molecule has 0 saturated heterocycles. The molecule has 2 aromatic rings. The van der Waals surface area contributed by atoms with Crippen molar-refractivity contribution in [1.82, 2.24) is 0 Å². The van der Waals surface area contributed by atoms with Crippen LogP contribution in [0.5, 0.6) is 5.75 Å². The number of carbonyl (C=O) groups is 1. The van der Waals surface area contributed by atoms with E-state index in [1.54, 1.807) is 31.2 Å². The number of nitriles is 1. The summed E-state index contributed by atoms with van der Waals surface area (Å²) in [4.78, 5) is 12.5. The molecule has 0 atom stereocenters. The van der Waals surface area contributed by atoms with Gasteiger partial charge in [0.1, 0.15) is 16.0 Å². The highest BCUT2D eigenvalue weighted by Crippen LogP contribution is 2.26. The standard InChI is InChI=1S/C14H13N3O4S2/c1-9-8-12(23(16,19)20)22-13(9)14(18)17-10-2-4-11(5-3-10)21-7-6-15/h2-5,8H,7H2,1H3,(H,17,18)(H2,16,19,20). The fraction of sp³-hybridized carbons (Fsp3) is 0.143. The number of thiophene rings is 1. The van der Waals surface area contributed by atoms with Gasteiger partial charge in [0.05, 0.1) is 4.88 Å². The maximum Gasteiger partial charge on any atom is 0.266 e. The lowest BCUT2D eigenvalue weighted by Crippen LogP contribution is -2.11. The van der Waals surface area contributed by atoms with Gasteiger partial charge in [-0.05, 0) is 42.8 Å². The monoisotopic (exact) mass is 351 g/mol. The molecule has 3 N–H and O–H groups in total. The van der Waals surface area contributed by atoms with Gasteiger partial charge >= 0.3 is 0 Å². The fourth-order valence-electron chi connectivity index (χ4n) is 1.76. The van der Waals surface area contributed by atoms with Gasteiger partial charge in [0.25, 0.3) is 5.91 Å². The first kappa shape index (κ1) is 17.0. The maximum absolute atomic E-state index is 12.2. The number of benzene rings is 1. The van der Waals surface area contributed by atoms with Crippen molar-refractivity contribution in [2.75, 3.05) is 11.9 Å². The van der Waals surface area contributed by atoms with Crippen LogP contribution >= 0.6 is 11.3 Å². The number of nitrogens with one attached hydrogen (secondary N) is 1. The second-order valence-electron chi connectivity index (χ2n) is 4.55. The van der Waals surface area contributed by atoms with E-state index in [0.29, 0.717) is 17.0 Å². The minimum atomic E-state index is -3.83. The van der Waals surface area contributed by atoms with Crippen LogP contribution in [-0.2, 0) is 10.0 Å². The summed E-state index contributed by atoms with van der Waals surface area (Å²) < 4.78 is 27.7. The van der Waals surface area contributed by atoms with Gasteiger partial charge in [0.2, 0.25) is 10.0 Å². The van der Waals surface area contributed by atoms with Gasteiger partial charge in [-0.25, -0.2) is 13.6 Å². The summed E-state index contributed by atoms with van der Waals surface area (Å²) in [5.41, 5.74) is 1.05. The number of nitrogens with zero attached hydrogens (tertiary/aromatic N) is 1. The van der Waals surface area contributed by atoms with Crippen LogP contribution in [0.3, 0.4) is 0 Å². The Morgan fingerprint density at radius 1 is 1.39 bits per heavy atom. The third-order valence-corrected chi connectivity index (χ3v) is 5.45. The Balaban J connectivity index is 2.13. The quantitative estimate of drug-likeness (QED) is 0.851. The zero-order chi connectivity index (χ0) is 17.0. The number of nitrogens with two attached hydrogens (primary N) is 1. The first-order valence-corrected chi connectivity index (χ1v) is 8.72. The van der Waals surface area contributed by atoms with Crippen molar-refractivity contribution < 1.29 is 17.9 Å². The predicted octanol–water partition coefficient (Wildman–Crippen LogP) is 1.86. The lowest BCUT2D eigenvalue weighted by Gasteiger charge is -2.06. The lowest BCUT2D eigenvalue weighted by atomic mass is 10.2. The third kappa shape index (κ3) is 4.29.